The van der Waals surface area contributed by atoms with Crippen LogP contribution in [0.3, 0.4) is 0 Å². The van der Waals surface area contributed by atoms with Crippen molar-refractivity contribution in [3.8, 4) is 0 Å². The Morgan fingerprint density at radius 2 is 1.93 bits per heavy atom. The van der Waals surface area contributed by atoms with E-state index in [0.717, 1.165) is 16.9 Å². The summed E-state index contributed by atoms with van der Waals surface area (Å²) in [5, 5.41) is 0.318. The van der Waals surface area contributed by atoms with Gasteiger partial charge in [-0.3, -0.25) is 14.2 Å². The van der Waals surface area contributed by atoms with Gasteiger partial charge >= 0.3 is 11.9 Å². The molecule has 0 spiro atoms. The summed E-state index contributed by atoms with van der Waals surface area (Å²) in [5.41, 5.74) is 0.993. The van der Waals surface area contributed by atoms with E-state index >= 15 is 0 Å². The van der Waals surface area contributed by atoms with Crippen LogP contribution in [-0.4, -0.2) is 28.1 Å². The molecule has 140 valence electrons. The molecule has 0 radical (unpaired) electrons. The molecule has 0 N–H and O–H groups in total. The molecule has 3 rings (SSSR count). The Morgan fingerprint density at radius 3 is 2.63 bits per heavy atom. The number of carbonyl (C=O) groups excluding carboxylic acids is 2. The summed E-state index contributed by atoms with van der Waals surface area (Å²) in [4.78, 5) is 41.7. The van der Waals surface area contributed by atoms with Crippen LogP contribution < -0.4 is 5.56 Å². The van der Waals surface area contributed by atoms with Crippen LogP contribution in [0.1, 0.15) is 27.7 Å². The van der Waals surface area contributed by atoms with E-state index in [1.54, 1.807) is 13.8 Å². The molecule has 0 saturated heterocycles. The highest BCUT2D eigenvalue weighted by molar-refractivity contribution is 7.20. The van der Waals surface area contributed by atoms with Gasteiger partial charge in [-0.1, -0.05) is 30.3 Å². The lowest BCUT2D eigenvalue weighted by Crippen LogP contribution is -2.25. The Kier molecular flexibility index (Phi) is 5.66. The second kappa shape index (κ2) is 8.13. The van der Waals surface area contributed by atoms with Gasteiger partial charge in [0.05, 0.1) is 18.3 Å². The Morgan fingerprint density at radius 1 is 1.19 bits per heavy atom. The molecular weight excluding hydrogens is 368 g/mol. The first-order chi connectivity index (χ1) is 13.0. The number of rotatable bonds is 6. The van der Waals surface area contributed by atoms with Crippen molar-refractivity contribution in [3.63, 3.8) is 0 Å². The SMILES string of the molecule is CCOC(=O)Cn1cnc2sc(C(=O)OCc3ccccc3)c(C)c2c1=O. The maximum absolute atomic E-state index is 12.7. The third-order valence-corrected chi connectivity index (χ3v) is 5.10. The van der Waals surface area contributed by atoms with Crippen molar-refractivity contribution in [2.24, 2.45) is 0 Å². The van der Waals surface area contributed by atoms with Crippen molar-refractivity contribution in [1.82, 2.24) is 9.55 Å². The standard InChI is InChI=1S/C19H18N2O5S/c1-3-25-14(22)9-21-11-20-17-15(18(21)23)12(2)16(27-17)19(24)26-10-13-7-5-4-6-8-13/h4-8,11H,3,9-10H2,1-2H3. The summed E-state index contributed by atoms with van der Waals surface area (Å²) in [6.07, 6.45) is 1.29. The molecule has 0 bridgehead atoms. The molecule has 3 aromatic rings. The number of aromatic nitrogens is 2. The molecule has 2 aromatic heterocycles. The Balaban J connectivity index is 1.86. The van der Waals surface area contributed by atoms with E-state index in [4.69, 9.17) is 9.47 Å². The molecule has 0 fully saturated rings. The Labute approximate surface area is 159 Å². The van der Waals surface area contributed by atoms with Gasteiger partial charge in [-0.2, -0.15) is 0 Å². The second-order valence-corrected chi connectivity index (χ2v) is 6.78. The zero-order valence-corrected chi connectivity index (χ0v) is 15.7. The highest BCUT2D eigenvalue weighted by Gasteiger charge is 2.21. The van der Waals surface area contributed by atoms with Crippen molar-refractivity contribution in [3.05, 3.63) is 63.0 Å². The number of hydrogen-bond acceptors (Lipinski definition) is 7. The predicted octanol–water partition coefficient (Wildman–Crippen LogP) is 2.69. The quantitative estimate of drug-likeness (QED) is 0.605. The summed E-state index contributed by atoms with van der Waals surface area (Å²) in [5.74, 6) is -1.02. The van der Waals surface area contributed by atoms with Crippen LogP contribution in [-0.2, 0) is 27.4 Å². The lowest BCUT2D eigenvalue weighted by atomic mass is 10.2. The van der Waals surface area contributed by atoms with Crippen LogP contribution in [0.25, 0.3) is 10.2 Å². The monoisotopic (exact) mass is 386 g/mol. The molecule has 27 heavy (non-hydrogen) atoms. The first-order valence-electron chi connectivity index (χ1n) is 8.36. The summed E-state index contributed by atoms with van der Waals surface area (Å²) in [6.45, 7) is 3.53. The van der Waals surface area contributed by atoms with Crippen LogP contribution in [0.5, 0.6) is 0 Å². The molecule has 1 aromatic carbocycles. The van der Waals surface area contributed by atoms with Gasteiger partial charge in [-0.15, -0.1) is 11.3 Å². The van der Waals surface area contributed by atoms with E-state index in [-0.39, 0.29) is 25.3 Å². The number of carbonyl (C=O) groups is 2. The van der Waals surface area contributed by atoms with Crippen LogP contribution in [0.4, 0.5) is 0 Å². The van der Waals surface area contributed by atoms with E-state index in [1.807, 2.05) is 30.3 Å². The van der Waals surface area contributed by atoms with Gasteiger partial charge in [-0.05, 0) is 25.0 Å². The fourth-order valence-electron chi connectivity index (χ4n) is 2.60. The average Bonchev–Trinajstić information content (AvgIpc) is 3.00. The minimum Gasteiger partial charge on any atom is -0.465 e. The Hall–Kier alpha value is -3.00. The molecule has 7 nitrogen and oxygen atoms in total. The van der Waals surface area contributed by atoms with Gasteiger partial charge in [0.25, 0.3) is 5.56 Å². The fraction of sp³-hybridized carbons (Fsp3) is 0.263. The van der Waals surface area contributed by atoms with E-state index in [2.05, 4.69) is 4.98 Å². The highest BCUT2D eigenvalue weighted by Crippen LogP contribution is 2.27. The molecule has 0 aliphatic heterocycles. The fourth-order valence-corrected chi connectivity index (χ4v) is 3.63. The topological polar surface area (TPSA) is 87.5 Å². The van der Waals surface area contributed by atoms with E-state index in [9.17, 15) is 14.4 Å². The van der Waals surface area contributed by atoms with Crippen molar-refractivity contribution >= 4 is 33.5 Å². The maximum Gasteiger partial charge on any atom is 0.349 e. The molecular formula is C19H18N2O5S. The van der Waals surface area contributed by atoms with Crippen molar-refractivity contribution < 1.29 is 19.1 Å². The van der Waals surface area contributed by atoms with Gasteiger partial charge in [0, 0.05) is 0 Å². The zero-order chi connectivity index (χ0) is 19.4. The average molecular weight is 386 g/mol. The molecule has 2 heterocycles. The lowest BCUT2D eigenvalue weighted by Gasteiger charge is -2.05. The summed E-state index contributed by atoms with van der Waals surface area (Å²) < 4.78 is 11.4. The lowest BCUT2D eigenvalue weighted by molar-refractivity contribution is -0.143. The number of thiophene rings is 1. The van der Waals surface area contributed by atoms with E-state index < -0.39 is 11.9 Å². The van der Waals surface area contributed by atoms with E-state index in [1.165, 1.54) is 10.9 Å². The largest absolute Gasteiger partial charge is 0.465 e. The summed E-state index contributed by atoms with van der Waals surface area (Å²) in [7, 11) is 0. The number of ether oxygens (including phenoxy) is 2. The summed E-state index contributed by atoms with van der Waals surface area (Å²) in [6, 6.07) is 9.34. The third-order valence-electron chi connectivity index (χ3n) is 3.92. The molecule has 0 aliphatic carbocycles. The normalized spacial score (nSPS) is 10.7. The number of esters is 2. The Bertz CT molecular complexity index is 1040. The molecule has 0 saturated carbocycles. The molecule has 8 heteroatoms. The smallest absolute Gasteiger partial charge is 0.349 e. The zero-order valence-electron chi connectivity index (χ0n) is 14.9. The van der Waals surface area contributed by atoms with Crippen LogP contribution >= 0.6 is 11.3 Å². The van der Waals surface area contributed by atoms with Gasteiger partial charge in [-0.25, -0.2) is 9.78 Å². The molecule has 0 unspecified atom stereocenters. The van der Waals surface area contributed by atoms with Crippen molar-refractivity contribution in [2.45, 2.75) is 27.0 Å². The molecule has 0 amide bonds. The second-order valence-electron chi connectivity index (χ2n) is 5.78. The van der Waals surface area contributed by atoms with Crippen molar-refractivity contribution in [1.29, 1.82) is 0 Å². The number of fused-ring (bicyclic) bond motifs is 1. The van der Waals surface area contributed by atoms with Gasteiger partial charge in [0.1, 0.15) is 22.9 Å². The van der Waals surface area contributed by atoms with Gasteiger partial charge in [0.2, 0.25) is 0 Å². The van der Waals surface area contributed by atoms with Crippen molar-refractivity contribution in [2.75, 3.05) is 6.61 Å². The van der Waals surface area contributed by atoms with Crippen LogP contribution in [0.2, 0.25) is 0 Å². The maximum atomic E-state index is 12.7. The molecule has 0 atom stereocenters. The number of nitrogens with zero attached hydrogens (tertiary/aromatic N) is 2. The van der Waals surface area contributed by atoms with Crippen LogP contribution in [0, 0.1) is 6.92 Å². The van der Waals surface area contributed by atoms with E-state index in [0.29, 0.717) is 20.7 Å². The third kappa shape index (κ3) is 4.06. The number of aryl methyl sites for hydroxylation is 1. The number of benzene rings is 1. The minimum atomic E-state index is -0.517. The number of hydrogen-bond donors (Lipinski definition) is 0. The van der Waals surface area contributed by atoms with Gasteiger partial charge in [0.15, 0.2) is 0 Å². The van der Waals surface area contributed by atoms with Crippen LogP contribution in [0.15, 0.2) is 41.5 Å². The van der Waals surface area contributed by atoms with Gasteiger partial charge < -0.3 is 9.47 Å². The highest BCUT2D eigenvalue weighted by atomic mass is 32.1. The predicted molar refractivity (Wildman–Crippen MR) is 101 cm³/mol. The molecule has 0 aliphatic rings. The summed E-state index contributed by atoms with van der Waals surface area (Å²) >= 11 is 1.10. The minimum absolute atomic E-state index is 0.147. The first-order valence-corrected chi connectivity index (χ1v) is 9.18. The first kappa shape index (κ1) is 18.8.